The number of fused-ring (bicyclic) bond motifs is 2. The van der Waals surface area contributed by atoms with Crippen LogP contribution in [0.25, 0.3) is 32.7 Å². The lowest BCUT2D eigenvalue weighted by Crippen LogP contribution is -2.34. The molecule has 0 aromatic heterocycles. The third-order valence-corrected chi connectivity index (χ3v) is 13.6. The molecule has 2 aliphatic carbocycles. The van der Waals surface area contributed by atoms with Crippen molar-refractivity contribution in [3.63, 3.8) is 0 Å². The third kappa shape index (κ3) is 8.73. The average molecular weight is 923 g/mol. The fourth-order valence-electron chi connectivity index (χ4n) is 10.2. The van der Waals surface area contributed by atoms with Gasteiger partial charge in [0.15, 0.2) is 0 Å². The molecule has 0 radical (unpaired) electrons. The molecule has 2 aliphatic rings. The number of allylic oxidation sites excluding steroid dienone is 4. The van der Waals surface area contributed by atoms with Crippen LogP contribution >= 0.6 is 0 Å². The van der Waals surface area contributed by atoms with E-state index in [0.29, 0.717) is 0 Å². The average Bonchev–Trinajstić information content (AvgIpc) is 3.46. The van der Waals surface area contributed by atoms with Crippen LogP contribution in [0.2, 0.25) is 0 Å². The fraction of sp³-hybridized carbons (Fsp3) is 0.0294. The Hall–Kier alpha value is -9.56. The molecule has 12 rings (SSSR count). The minimum Gasteiger partial charge on any atom is -0.327 e. The van der Waals surface area contributed by atoms with E-state index in [1.165, 1.54) is 21.5 Å². The smallest absolute Gasteiger partial charge is 0.0933 e. The summed E-state index contributed by atoms with van der Waals surface area (Å²) in [5.41, 5.74) is 21.0. The summed E-state index contributed by atoms with van der Waals surface area (Å²) in [7, 11) is 0. The molecule has 10 aromatic carbocycles. The van der Waals surface area contributed by atoms with Gasteiger partial charge in [-0.1, -0.05) is 176 Å². The molecule has 0 heterocycles. The van der Waals surface area contributed by atoms with Crippen LogP contribution in [0.3, 0.4) is 0 Å². The Labute approximate surface area is 421 Å². The number of nitrogens with zero attached hydrogens (tertiary/aromatic N) is 4. The summed E-state index contributed by atoms with van der Waals surface area (Å²) in [6.07, 6.45) is 13.9. The number of hydrogen-bond donors (Lipinski definition) is 0. The van der Waals surface area contributed by atoms with Crippen molar-refractivity contribution in [1.82, 2.24) is 0 Å². The van der Waals surface area contributed by atoms with Gasteiger partial charge in [0.2, 0.25) is 0 Å². The van der Waals surface area contributed by atoms with Gasteiger partial charge in [-0.3, -0.25) is 0 Å². The maximum atomic E-state index is 3.42. The highest BCUT2D eigenvalue weighted by atomic mass is 15.2. The lowest BCUT2D eigenvalue weighted by Gasteiger charge is -2.35. The molecule has 0 N–H and O–H groups in total. The van der Waals surface area contributed by atoms with E-state index in [-0.39, 0.29) is 6.04 Å². The van der Waals surface area contributed by atoms with Crippen molar-refractivity contribution >= 4 is 72.7 Å². The number of hydrogen-bond acceptors (Lipinski definition) is 4. The lowest BCUT2D eigenvalue weighted by atomic mass is 9.99. The number of rotatable bonds is 13. The summed E-state index contributed by atoms with van der Waals surface area (Å²) in [6, 6.07) is 89.0. The maximum Gasteiger partial charge on any atom is 0.0933 e. The number of anilines is 9. The number of benzene rings is 10. The highest BCUT2D eigenvalue weighted by Crippen LogP contribution is 2.43. The Morgan fingerprint density at radius 1 is 0.361 bits per heavy atom. The monoisotopic (exact) mass is 922 g/mol. The van der Waals surface area contributed by atoms with Crippen molar-refractivity contribution in [3.8, 4) is 11.1 Å². The molecule has 0 saturated heterocycles. The predicted octanol–water partition coefficient (Wildman–Crippen LogP) is 18.2. The highest BCUT2D eigenvalue weighted by molar-refractivity contribution is 6.00. The van der Waals surface area contributed by atoms with Gasteiger partial charge in [0, 0.05) is 56.3 Å². The van der Waals surface area contributed by atoms with Gasteiger partial charge in [0.1, 0.15) is 0 Å². The molecule has 342 valence electrons. The van der Waals surface area contributed by atoms with Crippen molar-refractivity contribution in [2.75, 3.05) is 19.6 Å². The Kier molecular flexibility index (Phi) is 12.0. The van der Waals surface area contributed by atoms with E-state index in [4.69, 9.17) is 0 Å². The van der Waals surface area contributed by atoms with Crippen molar-refractivity contribution in [3.05, 3.63) is 308 Å². The van der Waals surface area contributed by atoms with Crippen molar-refractivity contribution in [2.45, 2.75) is 12.5 Å². The van der Waals surface area contributed by atoms with E-state index in [1.807, 2.05) is 12.2 Å². The Morgan fingerprint density at radius 3 is 1.31 bits per heavy atom. The Morgan fingerprint density at radius 2 is 0.792 bits per heavy atom. The summed E-state index contributed by atoms with van der Waals surface area (Å²) in [4.78, 5) is 9.43. The molecular weight excluding hydrogens is 873 g/mol. The van der Waals surface area contributed by atoms with Crippen LogP contribution < -0.4 is 19.6 Å². The number of para-hydroxylation sites is 3. The minimum absolute atomic E-state index is 0.0636. The standard InChI is InChI=1S/C68H50N4/c1-5-23-55(24-6-1)69(61-43-47-63(48-44-61)71(57-27-9-3-10-28-57)67-33-17-21-53-19-13-15-31-65(53)67)59-39-35-51(36-40-59)52-37-41-60(42-38-52)70(56-25-7-2-8-26-56)62-45-49-64(50-46-62)72(58-29-11-4-12-30-58)68-34-18-22-54-20-14-16-32-66(54)68/h1-7,9-25,27-45,47-50,62H,46H2. The van der Waals surface area contributed by atoms with Gasteiger partial charge in [0.25, 0.3) is 0 Å². The summed E-state index contributed by atoms with van der Waals surface area (Å²) >= 11 is 0. The van der Waals surface area contributed by atoms with Crippen LogP contribution in [0.4, 0.5) is 51.2 Å². The molecule has 4 heteroatoms. The molecule has 0 spiro atoms. The molecular formula is C68H50N4. The quantitative estimate of drug-likeness (QED) is 0.107. The van der Waals surface area contributed by atoms with E-state index < -0.39 is 0 Å². The summed E-state index contributed by atoms with van der Waals surface area (Å²) in [5, 5.41) is 4.85. The van der Waals surface area contributed by atoms with Gasteiger partial charge in [0.05, 0.1) is 23.1 Å². The normalized spacial score (nSPS) is 13.7. The molecule has 0 aliphatic heterocycles. The van der Waals surface area contributed by atoms with Crippen molar-refractivity contribution in [1.29, 1.82) is 0 Å². The molecule has 0 amide bonds. The highest BCUT2D eigenvalue weighted by Gasteiger charge is 2.25. The van der Waals surface area contributed by atoms with E-state index >= 15 is 0 Å². The first-order valence-electron chi connectivity index (χ1n) is 24.6. The van der Waals surface area contributed by atoms with Crippen LogP contribution in [0.1, 0.15) is 6.42 Å². The van der Waals surface area contributed by atoms with Crippen LogP contribution in [-0.4, -0.2) is 6.04 Å². The summed E-state index contributed by atoms with van der Waals surface area (Å²) in [5.74, 6) is 0. The SMILES string of the molecule is C1=C=C(N(c2ccc(-c3ccc(N(c4ccccc4)c4ccc(N(c5ccccc5)c5cccc6ccccc56)cc4)cc3)cc2)C2C=CC(N(c3ccccc3)c3cccc4ccccc34)=CC2)C=CC=1. The zero-order valence-corrected chi connectivity index (χ0v) is 39.7. The molecule has 10 aromatic rings. The van der Waals surface area contributed by atoms with E-state index in [1.54, 1.807) is 0 Å². The second kappa shape index (κ2) is 19.8. The van der Waals surface area contributed by atoms with Gasteiger partial charge in [-0.2, -0.15) is 0 Å². The van der Waals surface area contributed by atoms with Gasteiger partial charge < -0.3 is 19.6 Å². The fourth-order valence-corrected chi connectivity index (χ4v) is 10.2. The molecule has 0 fully saturated rings. The van der Waals surface area contributed by atoms with Crippen molar-refractivity contribution < 1.29 is 0 Å². The third-order valence-electron chi connectivity index (χ3n) is 13.6. The second-order valence-corrected chi connectivity index (χ2v) is 18.0. The first-order chi connectivity index (χ1) is 35.7. The van der Waals surface area contributed by atoms with Gasteiger partial charge in [-0.25, -0.2) is 0 Å². The van der Waals surface area contributed by atoms with E-state index in [9.17, 15) is 0 Å². The Bertz CT molecular complexity index is 3720. The first-order valence-corrected chi connectivity index (χ1v) is 24.6. The molecule has 72 heavy (non-hydrogen) atoms. The zero-order valence-electron chi connectivity index (χ0n) is 39.7. The zero-order chi connectivity index (χ0) is 48.1. The second-order valence-electron chi connectivity index (χ2n) is 18.0. The molecule has 0 bridgehead atoms. The van der Waals surface area contributed by atoms with Crippen LogP contribution in [0, 0.1) is 0 Å². The molecule has 1 atom stereocenters. The van der Waals surface area contributed by atoms with Gasteiger partial charge >= 0.3 is 0 Å². The molecule has 0 saturated carbocycles. The van der Waals surface area contributed by atoms with Crippen molar-refractivity contribution in [2.24, 2.45) is 0 Å². The first kappa shape index (κ1) is 43.7. The van der Waals surface area contributed by atoms with E-state index in [0.717, 1.165) is 80.1 Å². The maximum absolute atomic E-state index is 3.42. The van der Waals surface area contributed by atoms with Crippen LogP contribution in [0.5, 0.6) is 0 Å². The topological polar surface area (TPSA) is 13.0 Å². The lowest BCUT2D eigenvalue weighted by molar-refractivity contribution is 0.756. The van der Waals surface area contributed by atoms with Crippen LogP contribution in [-0.2, 0) is 0 Å². The predicted molar refractivity (Wildman–Crippen MR) is 304 cm³/mol. The van der Waals surface area contributed by atoms with Gasteiger partial charge in [-0.05, 0) is 149 Å². The van der Waals surface area contributed by atoms with Crippen LogP contribution in [0.15, 0.2) is 308 Å². The van der Waals surface area contributed by atoms with E-state index in [2.05, 4.69) is 304 Å². The minimum atomic E-state index is 0.0636. The molecule has 4 nitrogen and oxygen atoms in total. The summed E-state index contributed by atoms with van der Waals surface area (Å²) < 4.78 is 0. The summed E-state index contributed by atoms with van der Waals surface area (Å²) in [6.45, 7) is 0. The largest absolute Gasteiger partial charge is 0.327 e. The molecule has 1 unspecified atom stereocenters. The van der Waals surface area contributed by atoms with Gasteiger partial charge in [-0.15, -0.1) is 0 Å². The Balaban J connectivity index is 0.825.